The molecule has 0 unspecified atom stereocenters. The van der Waals surface area contributed by atoms with Gasteiger partial charge in [-0.1, -0.05) is 31.9 Å². The van der Waals surface area contributed by atoms with E-state index in [0.717, 1.165) is 23.1 Å². The van der Waals surface area contributed by atoms with E-state index in [1.54, 1.807) is 6.20 Å². The van der Waals surface area contributed by atoms with Crippen molar-refractivity contribution in [1.82, 2.24) is 4.98 Å². The van der Waals surface area contributed by atoms with Crippen molar-refractivity contribution < 1.29 is 4.74 Å². The third-order valence-electron chi connectivity index (χ3n) is 2.75. The number of nitrogen functional groups attached to an aromatic ring is 1. The number of nitrogens with zero attached hydrogens (tertiary/aromatic N) is 1. The second-order valence-electron chi connectivity index (χ2n) is 4.12. The van der Waals surface area contributed by atoms with E-state index in [4.69, 9.17) is 10.5 Å². The summed E-state index contributed by atoms with van der Waals surface area (Å²) in [4.78, 5) is 4.28. The van der Waals surface area contributed by atoms with Crippen molar-refractivity contribution in [3.05, 3.63) is 30.5 Å². The van der Waals surface area contributed by atoms with Gasteiger partial charge in [-0.15, -0.1) is 0 Å². The van der Waals surface area contributed by atoms with Crippen LogP contribution in [0.2, 0.25) is 0 Å². The molecule has 0 saturated heterocycles. The van der Waals surface area contributed by atoms with Gasteiger partial charge in [-0.05, 0) is 18.6 Å². The minimum Gasteiger partial charge on any atom is -0.491 e. The van der Waals surface area contributed by atoms with Crippen LogP contribution in [0, 0.1) is 0 Å². The fourth-order valence-electron chi connectivity index (χ4n) is 1.82. The number of rotatable bonds is 5. The lowest BCUT2D eigenvalue weighted by Gasteiger charge is -2.11. The van der Waals surface area contributed by atoms with Gasteiger partial charge in [0, 0.05) is 5.39 Å². The highest BCUT2D eigenvalue weighted by Crippen LogP contribution is 2.30. The van der Waals surface area contributed by atoms with Crippen molar-refractivity contribution in [3.8, 4) is 5.75 Å². The van der Waals surface area contributed by atoms with Crippen LogP contribution in [-0.2, 0) is 0 Å². The summed E-state index contributed by atoms with van der Waals surface area (Å²) in [6.45, 7) is 2.89. The molecule has 2 N–H and O–H groups in total. The maximum absolute atomic E-state index is 5.91. The predicted molar refractivity (Wildman–Crippen MR) is 71.2 cm³/mol. The van der Waals surface area contributed by atoms with Gasteiger partial charge in [0.15, 0.2) is 5.75 Å². The SMILES string of the molecule is CCCCCOc1c(N)cnc2ccccc12. The number of benzene rings is 1. The number of fused-ring (bicyclic) bond motifs is 1. The van der Waals surface area contributed by atoms with Crippen LogP contribution in [0.15, 0.2) is 30.5 Å². The zero-order valence-electron chi connectivity index (χ0n) is 10.1. The molecule has 0 amide bonds. The smallest absolute Gasteiger partial charge is 0.153 e. The second kappa shape index (κ2) is 5.53. The first-order chi connectivity index (χ1) is 8.33. The number of nitrogens with two attached hydrogens (primary N) is 1. The highest BCUT2D eigenvalue weighted by Gasteiger charge is 2.06. The van der Waals surface area contributed by atoms with Crippen LogP contribution in [0.4, 0.5) is 5.69 Å². The Labute approximate surface area is 102 Å². The molecule has 17 heavy (non-hydrogen) atoms. The largest absolute Gasteiger partial charge is 0.491 e. The highest BCUT2D eigenvalue weighted by molar-refractivity contribution is 5.89. The Morgan fingerprint density at radius 3 is 2.88 bits per heavy atom. The molecule has 0 saturated carbocycles. The van der Waals surface area contributed by atoms with Crippen molar-refractivity contribution in [1.29, 1.82) is 0 Å². The standard InChI is InChI=1S/C14H18N2O/c1-2-3-6-9-17-14-11-7-4-5-8-13(11)16-10-12(14)15/h4-5,7-8,10H,2-3,6,9,15H2,1H3. The van der Waals surface area contributed by atoms with Crippen LogP contribution in [0.3, 0.4) is 0 Å². The number of unbranched alkanes of at least 4 members (excludes halogenated alkanes) is 2. The summed E-state index contributed by atoms with van der Waals surface area (Å²) >= 11 is 0. The Balaban J connectivity index is 2.22. The highest BCUT2D eigenvalue weighted by atomic mass is 16.5. The number of para-hydroxylation sites is 1. The molecular weight excluding hydrogens is 212 g/mol. The summed E-state index contributed by atoms with van der Waals surface area (Å²) in [5.74, 6) is 0.770. The van der Waals surface area contributed by atoms with Crippen LogP contribution in [0.5, 0.6) is 5.75 Å². The molecule has 0 aliphatic heterocycles. The van der Waals surface area contributed by atoms with E-state index in [0.29, 0.717) is 12.3 Å². The van der Waals surface area contributed by atoms with Gasteiger partial charge in [-0.3, -0.25) is 4.98 Å². The minimum atomic E-state index is 0.611. The second-order valence-corrected chi connectivity index (χ2v) is 4.12. The van der Waals surface area contributed by atoms with Crippen LogP contribution in [0.1, 0.15) is 26.2 Å². The maximum Gasteiger partial charge on any atom is 0.153 e. The van der Waals surface area contributed by atoms with E-state index in [2.05, 4.69) is 11.9 Å². The summed E-state index contributed by atoms with van der Waals surface area (Å²) in [7, 11) is 0. The minimum absolute atomic E-state index is 0.611. The van der Waals surface area contributed by atoms with Crippen LogP contribution >= 0.6 is 0 Å². The molecule has 0 fully saturated rings. The fraction of sp³-hybridized carbons (Fsp3) is 0.357. The quantitative estimate of drug-likeness (QED) is 0.801. The summed E-state index contributed by atoms with van der Waals surface area (Å²) < 4.78 is 5.79. The number of anilines is 1. The number of hydrogen-bond acceptors (Lipinski definition) is 3. The average molecular weight is 230 g/mol. The molecule has 1 aromatic heterocycles. The number of pyridine rings is 1. The first kappa shape index (κ1) is 11.7. The van der Waals surface area contributed by atoms with Gasteiger partial charge in [0.05, 0.1) is 24.0 Å². The molecule has 0 aliphatic carbocycles. The van der Waals surface area contributed by atoms with Crippen molar-refractivity contribution in [3.63, 3.8) is 0 Å². The first-order valence-electron chi connectivity index (χ1n) is 6.09. The Bertz CT molecular complexity index is 497. The van der Waals surface area contributed by atoms with Crippen molar-refractivity contribution >= 4 is 16.6 Å². The van der Waals surface area contributed by atoms with Crippen molar-refractivity contribution in [2.24, 2.45) is 0 Å². The molecule has 1 heterocycles. The zero-order chi connectivity index (χ0) is 12.1. The van der Waals surface area contributed by atoms with Crippen molar-refractivity contribution in [2.75, 3.05) is 12.3 Å². The molecule has 0 aliphatic rings. The Morgan fingerprint density at radius 2 is 2.06 bits per heavy atom. The molecule has 0 radical (unpaired) electrons. The van der Waals surface area contributed by atoms with Gasteiger partial charge < -0.3 is 10.5 Å². The molecular formula is C14H18N2O. The van der Waals surface area contributed by atoms with Gasteiger partial charge in [0.1, 0.15) is 0 Å². The van der Waals surface area contributed by atoms with Gasteiger partial charge in [-0.25, -0.2) is 0 Å². The molecule has 0 bridgehead atoms. The number of hydrogen-bond donors (Lipinski definition) is 1. The molecule has 1 aromatic carbocycles. The molecule has 0 spiro atoms. The monoisotopic (exact) mass is 230 g/mol. The van der Waals surface area contributed by atoms with Gasteiger partial charge >= 0.3 is 0 Å². The van der Waals surface area contributed by atoms with E-state index in [9.17, 15) is 0 Å². The van der Waals surface area contributed by atoms with Crippen LogP contribution in [0.25, 0.3) is 10.9 Å². The van der Waals surface area contributed by atoms with Gasteiger partial charge in [-0.2, -0.15) is 0 Å². The topological polar surface area (TPSA) is 48.1 Å². The average Bonchev–Trinajstić information content (AvgIpc) is 2.37. The van der Waals surface area contributed by atoms with E-state index < -0.39 is 0 Å². The Kier molecular flexibility index (Phi) is 3.81. The van der Waals surface area contributed by atoms with Gasteiger partial charge in [0.25, 0.3) is 0 Å². The molecule has 90 valence electrons. The van der Waals surface area contributed by atoms with E-state index >= 15 is 0 Å². The predicted octanol–water partition coefficient (Wildman–Crippen LogP) is 3.39. The zero-order valence-corrected chi connectivity index (χ0v) is 10.1. The van der Waals surface area contributed by atoms with E-state index in [1.165, 1.54) is 12.8 Å². The van der Waals surface area contributed by atoms with Gasteiger partial charge in [0.2, 0.25) is 0 Å². The van der Waals surface area contributed by atoms with Crippen LogP contribution < -0.4 is 10.5 Å². The van der Waals surface area contributed by atoms with Crippen molar-refractivity contribution in [2.45, 2.75) is 26.2 Å². The summed E-state index contributed by atoms with van der Waals surface area (Å²) in [5.41, 5.74) is 7.45. The maximum atomic E-state index is 5.91. The van der Waals surface area contributed by atoms with Crippen LogP contribution in [-0.4, -0.2) is 11.6 Å². The molecule has 2 aromatic rings. The normalized spacial score (nSPS) is 10.6. The molecule has 0 atom stereocenters. The van der Waals surface area contributed by atoms with E-state index in [-0.39, 0.29) is 0 Å². The lowest BCUT2D eigenvalue weighted by Crippen LogP contribution is -2.01. The molecule has 3 heteroatoms. The first-order valence-corrected chi connectivity index (χ1v) is 6.09. The summed E-state index contributed by atoms with van der Waals surface area (Å²) in [6.07, 6.45) is 5.10. The molecule has 3 nitrogen and oxygen atoms in total. The third-order valence-corrected chi connectivity index (χ3v) is 2.75. The number of aromatic nitrogens is 1. The van der Waals surface area contributed by atoms with E-state index in [1.807, 2.05) is 24.3 Å². The summed E-state index contributed by atoms with van der Waals surface area (Å²) in [5, 5.41) is 0.990. The Morgan fingerprint density at radius 1 is 1.24 bits per heavy atom. The summed E-state index contributed by atoms with van der Waals surface area (Å²) in [6, 6.07) is 7.90. The number of ether oxygens (including phenoxy) is 1. The fourth-order valence-corrected chi connectivity index (χ4v) is 1.82. The lowest BCUT2D eigenvalue weighted by atomic mass is 10.2. The third kappa shape index (κ3) is 2.67. The lowest BCUT2D eigenvalue weighted by molar-refractivity contribution is 0.311. The molecule has 2 rings (SSSR count). The Hall–Kier alpha value is -1.77.